The maximum atomic E-state index is 11.6. The van der Waals surface area contributed by atoms with Gasteiger partial charge in [-0.1, -0.05) is 19.8 Å². The third-order valence-corrected chi connectivity index (χ3v) is 3.80. The minimum Gasteiger partial charge on any atom is -0.398 e. The molecule has 0 spiro atoms. The van der Waals surface area contributed by atoms with Crippen LogP contribution in [0.3, 0.4) is 0 Å². The summed E-state index contributed by atoms with van der Waals surface area (Å²) < 4.78 is 0. The monoisotopic (exact) mass is 289 g/mol. The smallest absolute Gasteiger partial charge is 0.320 e. The maximum absolute atomic E-state index is 11.6. The summed E-state index contributed by atoms with van der Waals surface area (Å²) in [4.78, 5) is 15.8. The standard InChI is InChI=1S/C15H23N5O/c1-2-3-7-18-15(21)20-13-8-12(16)11(9-19-13)14(17)10-5-4-6-10/h8-10,17H,2-7H2,1H3,(H4,16,18,19,20,21). The number of aromatic nitrogens is 1. The molecule has 0 aromatic carbocycles. The van der Waals surface area contributed by atoms with Crippen LogP contribution in [0.15, 0.2) is 12.3 Å². The first-order valence-corrected chi connectivity index (χ1v) is 7.51. The zero-order chi connectivity index (χ0) is 15.2. The summed E-state index contributed by atoms with van der Waals surface area (Å²) in [7, 11) is 0. The van der Waals surface area contributed by atoms with Gasteiger partial charge in [-0.2, -0.15) is 0 Å². The van der Waals surface area contributed by atoms with Crippen LogP contribution in [0.1, 0.15) is 44.6 Å². The van der Waals surface area contributed by atoms with Crippen LogP contribution in [-0.2, 0) is 0 Å². The lowest BCUT2D eigenvalue weighted by atomic mass is 9.79. The Balaban J connectivity index is 1.95. The second kappa shape index (κ2) is 7.06. The number of rotatable bonds is 6. The summed E-state index contributed by atoms with van der Waals surface area (Å²) >= 11 is 0. The van der Waals surface area contributed by atoms with Crippen molar-refractivity contribution in [3.05, 3.63) is 17.8 Å². The van der Waals surface area contributed by atoms with Crippen molar-refractivity contribution in [2.75, 3.05) is 17.6 Å². The molecule has 1 fully saturated rings. The third kappa shape index (κ3) is 3.93. The molecule has 2 rings (SSSR count). The molecule has 0 radical (unpaired) electrons. The number of carbonyl (C=O) groups excluding carboxylic acids is 1. The number of amides is 2. The lowest BCUT2D eigenvalue weighted by Gasteiger charge is -2.26. The normalized spacial score (nSPS) is 14.3. The van der Waals surface area contributed by atoms with E-state index in [-0.39, 0.29) is 6.03 Å². The topological polar surface area (TPSA) is 104 Å². The maximum Gasteiger partial charge on any atom is 0.320 e. The fourth-order valence-electron chi connectivity index (χ4n) is 2.22. The van der Waals surface area contributed by atoms with E-state index in [2.05, 4.69) is 22.5 Å². The van der Waals surface area contributed by atoms with E-state index in [0.717, 1.165) is 25.7 Å². The summed E-state index contributed by atoms with van der Waals surface area (Å²) in [5.41, 5.74) is 7.71. The number of nitrogens with zero attached hydrogens (tertiary/aromatic N) is 1. The minimum atomic E-state index is -0.280. The van der Waals surface area contributed by atoms with Gasteiger partial charge in [0.1, 0.15) is 5.82 Å². The van der Waals surface area contributed by atoms with Crippen molar-refractivity contribution in [1.82, 2.24) is 10.3 Å². The van der Waals surface area contributed by atoms with Crippen molar-refractivity contribution in [2.24, 2.45) is 5.92 Å². The van der Waals surface area contributed by atoms with Gasteiger partial charge >= 0.3 is 6.03 Å². The number of nitrogens with one attached hydrogen (secondary N) is 3. The summed E-state index contributed by atoms with van der Waals surface area (Å²) in [5, 5.41) is 13.5. The van der Waals surface area contributed by atoms with Crippen LogP contribution in [0.5, 0.6) is 0 Å². The number of anilines is 2. The number of nitrogen functional groups attached to an aromatic ring is 1. The highest BCUT2D eigenvalue weighted by atomic mass is 16.2. The zero-order valence-corrected chi connectivity index (χ0v) is 12.4. The second-order valence-electron chi connectivity index (χ2n) is 5.43. The Hall–Kier alpha value is -2.11. The molecule has 21 heavy (non-hydrogen) atoms. The van der Waals surface area contributed by atoms with Gasteiger partial charge in [0.2, 0.25) is 0 Å². The van der Waals surface area contributed by atoms with Crippen molar-refractivity contribution in [1.29, 1.82) is 5.41 Å². The fourth-order valence-corrected chi connectivity index (χ4v) is 2.22. The summed E-state index contributed by atoms with van der Waals surface area (Å²) in [6, 6.07) is 1.33. The van der Waals surface area contributed by atoms with E-state index < -0.39 is 0 Å². The van der Waals surface area contributed by atoms with Gasteiger partial charge < -0.3 is 16.5 Å². The van der Waals surface area contributed by atoms with Gasteiger partial charge in [0, 0.05) is 41.7 Å². The second-order valence-corrected chi connectivity index (χ2v) is 5.43. The van der Waals surface area contributed by atoms with Crippen molar-refractivity contribution in [2.45, 2.75) is 39.0 Å². The quantitative estimate of drug-likeness (QED) is 0.478. The van der Waals surface area contributed by atoms with E-state index >= 15 is 0 Å². The predicted molar refractivity (Wildman–Crippen MR) is 84.7 cm³/mol. The molecule has 5 N–H and O–H groups in total. The predicted octanol–water partition coefficient (Wildman–Crippen LogP) is 2.75. The van der Waals surface area contributed by atoms with E-state index in [9.17, 15) is 4.79 Å². The van der Waals surface area contributed by atoms with Crippen LogP contribution in [0.25, 0.3) is 0 Å². The van der Waals surface area contributed by atoms with Gasteiger partial charge in [-0.15, -0.1) is 0 Å². The molecule has 0 atom stereocenters. The van der Waals surface area contributed by atoms with E-state index in [0.29, 0.717) is 35.2 Å². The highest BCUT2D eigenvalue weighted by Gasteiger charge is 2.24. The van der Waals surface area contributed by atoms with Crippen molar-refractivity contribution >= 4 is 23.2 Å². The molecule has 1 aliphatic carbocycles. The Kier molecular flexibility index (Phi) is 5.14. The first-order chi connectivity index (χ1) is 10.1. The van der Waals surface area contributed by atoms with Crippen LogP contribution in [-0.4, -0.2) is 23.3 Å². The Bertz CT molecular complexity index is 525. The molecule has 1 aromatic heterocycles. The molecule has 114 valence electrons. The fraction of sp³-hybridized carbons (Fsp3) is 0.533. The Morgan fingerprint density at radius 2 is 2.29 bits per heavy atom. The van der Waals surface area contributed by atoms with Gasteiger partial charge in [0.25, 0.3) is 0 Å². The molecule has 1 aromatic rings. The molecule has 1 heterocycles. The Labute approximate surface area is 125 Å². The largest absolute Gasteiger partial charge is 0.398 e. The summed E-state index contributed by atoms with van der Waals surface area (Å²) in [6.07, 6.45) is 6.84. The molecular formula is C15H23N5O. The molecule has 6 heteroatoms. The minimum absolute atomic E-state index is 0.280. The van der Waals surface area contributed by atoms with Gasteiger partial charge in [-0.3, -0.25) is 5.32 Å². The molecule has 0 aliphatic heterocycles. The third-order valence-electron chi connectivity index (χ3n) is 3.80. The van der Waals surface area contributed by atoms with Crippen LogP contribution < -0.4 is 16.4 Å². The van der Waals surface area contributed by atoms with Crippen LogP contribution in [0, 0.1) is 11.3 Å². The lowest BCUT2D eigenvalue weighted by Crippen LogP contribution is -2.30. The lowest BCUT2D eigenvalue weighted by molar-refractivity contribution is 0.252. The van der Waals surface area contributed by atoms with Crippen molar-refractivity contribution in [3.63, 3.8) is 0 Å². The van der Waals surface area contributed by atoms with Crippen LogP contribution in [0.4, 0.5) is 16.3 Å². The number of pyridine rings is 1. The molecule has 2 amide bonds. The van der Waals surface area contributed by atoms with Crippen molar-refractivity contribution < 1.29 is 4.79 Å². The zero-order valence-electron chi connectivity index (χ0n) is 12.4. The molecule has 1 aliphatic rings. The highest BCUT2D eigenvalue weighted by molar-refractivity contribution is 6.04. The summed E-state index contributed by atoms with van der Waals surface area (Å²) in [5.74, 6) is 0.719. The Morgan fingerprint density at radius 3 is 2.86 bits per heavy atom. The van der Waals surface area contributed by atoms with Gasteiger partial charge in [0.15, 0.2) is 0 Å². The van der Waals surface area contributed by atoms with Gasteiger partial charge in [-0.25, -0.2) is 9.78 Å². The van der Waals surface area contributed by atoms with E-state index in [4.69, 9.17) is 11.1 Å². The molecule has 0 bridgehead atoms. The highest BCUT2D eigenvalue weighted by Crippen LogP contribution is 2.31. The van der Waals surface area contributed by atoms with E-state index in [1.807, 2.05) is 0 Å². The van der Waals surface area contributed by atoms with Gasteiger partial charge in [0.05, 0.1) is 0 Å². The number of nitrogens with two attached hydrogens (primary N) is 1. The number of unbranched alkanes of at least 4 members (excludes halogenated alkanes) is 1. The molecule has 0 saturated heterocycles. The average Bonchev–Trinajstić information content (AvgIpc) is 2.37. The number of carbonyl (C=O) groups is 1. The van der Waals surface area contributed by atoms with Crippen LogP contribution >= 0.6 is 0 Å². The average molecular weight is 289 g/mol. The van der Waals surface area contributed by atoms with Gasteiger partial charge in [-0.05, 0) is 19.3 Å². The molecule has 1 saturated carbocycles. The first-order valence-electron chi connectivity index (χ1n) is 7.51. The van der Waals surface area contributed by atoms with E-state index in [1.165, 1.54) is 6.42 Å². The number of hydrogen-bond donors (Lipinski definition) is 4. The summed E-state index contributed by atoms with van der Waals surface area (Å²) in [6.45, 7) is 2.71. The molecule has 0 unspecified atom stereocenters. The first kappa shape index (κ1) is 15.3. The number of urea groups is 1. The Morgan fingerprint density at radius 1 is 1.52 bits per heavy atom. The van der Waals surface area contributed by atoms with Crippen LogP contribution in [0.2, 0.25) is 0 Å². The molecule has 6 nitrogen and oxygen atoms in total. The number of hydrogen-bond acceptors (Lipinski definition) is 4. The van der Waals surface area contributed by atoms with E-state index in [1.54, 1.807) is 12.3 Å². The molecular weight excluding hydrogens is 266 g/mol. The SMILES string of the molecule is CCCCNC(=O)Nc1cc(N)c(C(=N)C2CCC2)cn1. The van der Waals surface area contributed by atoms with Crippen molar-refractivity contribution in [3.8, 4) is 0 Å².